The third-order valence-corrected chi connectivity index (χ3v) is 5.35. The molecular formula is C18H30N2O2S. The molecule has 0 spiro atoms. The number of rotatable bonds is 6. The van der Waals surface area contributed by atoms with E-state index in [1.54, 1.807) is 11.3 Å². The van der Waals surface area contributed by atoms with Gasteiger partial charge in [-0.1, -0.05) is 12.8 Å². The molecule has 1 heterocycles. The maximum atomic E-state index is 11.9. The van der Waals surface area contributed by atoms with Crippen LogP contribution in [0.4, 0.5) is 4.79 Å². The van der Waals surface area contributed by atoms with Gasteiger partial charge in [-0.05, 0) is 63.5 Å². The molecule has 1 saturated carbocycles. The van der Waals surface area contributed by atoms with Crippen molar-refractivity contribution in [2.45, 2.75) is 71.6 Å². The van der Waals surface area contributed by atoms with E-state index in [-0.39, 0.29) is 6.09 Å². The first kappa shape index (κ1) is 18.3. The Morgan fingerprint density at radius 1 is 1.39 bits per heavy atom. The summed E-state index contributed by atoms with van der Waals surface area (Å²) >= 11 is 1.79. The predicted molar refractivity (Wildman–Crippen MR) is 95.9 cm³/mol. The summed E-state index contributed by atoms with van der Waals surface area (Å²) in [6, 6.07) is 2.47. The van der Waals surface area contributed by atoms with Gasteiger partial charge in [0.2, 0.25) is 0 Å². The standard InChI is InChI=1S/C18H30N2O2S/c1-13-9-10-23-16(13)12-19-15(14-7-5-6-8-14)11-20-17(21)22-18(2,3)4/h9-10,14-15,19H,5-8,11-12H2,1-4H3,(H,20,21). The highest BCUT2D eigenvalue weighted by atomic mass is 32.1. The minimum Gasteiger partial charge on any atom is -0.444 e. The van der Waals surface area contributed by atoms with Crippen LogP contribution < -0.4 is 10.6 Å². The lowest BCUT2D eigenvalue weighted by Crippen LogP contribution is -2.45. The number of thiophene rings is 1. The highest BCUT2D eigenvalue weighted by Gasteiger charge is 2.26. The lowest BCUT2D eigenvalue weighted by atomic mass is 9.98. The van der Waals surface area contributed by atoms with Crippen LogP contribution in [-0.2, 0) is 11.3 Å². The Balaban J connectivity index is 1.87. The molecule has 4 nitrogen and oxygen atoms in total. The number of ether oxygens (including phenoxy) is 1. The zero-order chi connectivity index (χ0) is 16.9. The molecule has 130 valence electrons. The predicted octanol–water partition coefficient (Wildman–Crippen LogP) is 4.23. The van der Waals surface area contributed by atoms with Gasteiger partial charge in [0, 0.05) is 24.0 Å². The Morgan fingerprint density at radius 2 is 2.09 bits per heavy atom. The maximum absolute atomic E-state index is 11.9. The SMILES string of the molecule is Cc1ccsc1CNC(CNC(=O)OC(C)(C)C)C1CCCC1. The largest absolute Gasteiger partial charge is 0.444 e. The van der Waals surface area contributed by atoms with Crippen molar-refractivity contribution in [3.05, 3.63) is 21.9 Å². The molecular weight excluding hydrogens is 308 g/mol. The summed E-state index contributed by atoms with van der Waals surface area (Å²) in [6.45, 7) is 9.32. The van der Waals surface area contributed by atoms with Crippen LogP contribution in [0.1, 0.15) is 56.9 Å². The molecule has 2 rings (SSSR count). The number of alkyl carbamates (subject to hydrolysis) is 1. The number of carbonyl (C=O) groups is 1. The van der Waals surface area contributed by atoms with Crippen LogP contribution in [0, 0.1) is 12.8 Å². The second-order valence-electron chi connectivity index (χ2n) is 7.44. The Labute approximate surface area is 144 Å². The molecule has 0 aliphatic heterocycles. The van der Waals surface area contributed by atoms with Gasteiger partial charge in [-0.15, -0.1) is 11.3 Å². The van der Waals surface area contributed by atoms with E-state index in [1.165, 1.54) is 36.1 Å². The molecule has 1 aliphatic carbocycles. The van der Waals surface area contributed by atoms with Crippen LogP contribution in [0.2, 0.25) is 0 Å². The van der Waals surface area contributed by atoms with Crippen molar-refractivity contribution in [2.75, 3.05) is 6.54 Å². The first-order valence-corrected chi connectivity index (χ1v) is 9.46. The summed E-state index contributed by atoms with van der Waals surface area (Å²) in [7, 11) is 0. The van der Waals surface area contributed by atoms with E-state index >= 15 is 0 Å². The Kier molecular flexibility index (Phi) is 6.48. The van der Waals surface area contributed by atoms with Gasteiger partial charge in [-0.2, -0.15) is 0 Å². The number of amides is 1. The first-order valence-electron chi connectivity index (χ1n) is 8.58. The number of hydrogen-bond donors (Lipinski definition) is 2. The second kappa shape index (κ2) is 8.15. The molecule has 2 N–H and O–H groups in total. The highest BCUT2D eigenvalue weighted by molar-refractivity contribution is 7.10. The summed E-state index contributed by atoms with van der Waals surface area (Å²) in [5.41, 5.74) is 0.891. The van der Waals surface area contributed by atoms with Crippen LogP contribution in [0.25, 0.3) is 0 Å². The summed E-state index contributed by atoms with van der Waals surface area (Å²) in [5, 5.41) is 8.74. The Bertz CT molecular complexity index is 501. The summed E-state index contributed by atoms with van der Waals surface area (Å²) in [6.07, 6.45) is 4.77. The van der Waals surface area contributed by atoms with Crippen molar-refractivity contribution in [3.63, 3.8) is 0 Å². The monoisotopic (exact) mass is 338 g/mol. The van der Waals surface area contributed by atoms with Crippen LogP contribution in [0.5, 0.6) is 0 Å². The van der Waals surface area contributed by atoms with Gasteiger partial charge in [0.25, 0.3) is 0 Å². The highest BCUT2D eigenvalue weighted by Crippen LogP contribution is 2.28. The van der Waals surface area contributed by atoms with Gasteiger partial charge < -0.3 is 15.4 Å². The number of aryl methyl sites for hydroxylation is 1. The third-order valence-electron chi connectivity index (χ3n) is 4.33. The molecule has 1 fully saturated rings. The minimum absolute atomic E-state index is 0.312. The van der Waals surface area contributed by atoms with E-state index < -0.39 is 5.60 Å². The molecule has 0 aromatic carbocycles. The molecule has 1 aliphatic rings. The molecule has 1 amide bonds. The van der Waals surface area contributed by atoms with Crippen molar-refractivity contribution < 1.29 is 9.53 Å². The van der Waals surface area contributed by atoms with Gasteiger partial charge in [0.1, 0.15) is 5.60 Å². The average Bonchev–Trinajstić information content (AvgIpc) is 3.09. The van der Waals surface area contributed by atoms with Gasteiger partial charge in [-0.3, -0.25) is 0 Å². The fourth-order valence-corrected chi connectivity index (χ4v) is 3.94. The van der Waals surface area contributed by atoms with E-state index in [0.717, 1.165) is 6.54 Å². The van der Waals surface area contributed by atoms with Gasteiger partial charge >= 0.3 is 6.09 Å². The molecule has 5 heteroatoms. The van der Waals surface area contributed by atoms with Gasteiger partial charge in [0.05, 0.1) is 0 Å². The van der Waals surface area contributed by atoms with E-state index in [4.69, 9.17) is 4.74 Å². The minimum atomic E-state index is -0.450. The lowest BCUT2D eigenvalue weighted by Gasteiger charge is -2.26. The molecule has 0 bridgehead atoms. The smallest absolute Gasteiger partial charge is 0.407 e. The lowest BCUT2D eigenvalue weighted by molar-refractivity contribution is 0.0518. The van der Waals surface area contributed by atoms with E-state index in [0.29, 0.717) is 18.5 Å². The fourth-order valence-electron chi connectivity index (χ4n) is 3.08. The summed E-state index contributed by atoms with van der Waals surface area (Å²) in [5.74, 6) is 0.644. The Hall–Kier alpha value is -1.07. The van der Waals surface area contributed by atoms with E-state index in [2.05, 4.69) is 29.0 Å². The average molecular weight is 339 g/mol. The van der Waals surface area contributed by atoms with Crippen LogP contribution in [0.3, 0.4) is 0 Å². The third kappa shape index (κ3) is 6.15. The van der Waals surface area contributed by atoms with Crippen molar-refractivity contribution in [1.82, 2.24) is 10.6 Å². The maximum Gasteiger partial charge on any atom is 0.407 e. The fraction of sp³-hybridized carbons (Fsp3) is 0.722. The normalized spacial score (nSPS) is 17.2. The molecule has 1 aromatic heterocycles. The number of nitrogens with one attached hydrogen (secondary N) is 2. The van der Waals surface area contributed by atoms with Crippen molar-refractivity contribution in [1.29, 1.82) is 0 Å². The summed E-state index contributed by atoms with van der Waals surface area (Å²) < 4.78 is 5.34. The number of carbonyl (C=O) groups excluding carboxylic acids is 1. The number of hydrogen-bond acceptors (Lipinski definition) is 4. The Morgan fingerprint density at radius 3 is 2.65 bits per heavy atom. The van der Waals surface area contributed by atoms with Crippen LogP contribution >= 0.6 is 11.3 Å². The van der Waals surface area contributed by atoms with Gasteiger partial charge in [0.15, 0.2) is 0 Å². The molecule has 0 saturated heterocycles. The molecule has 1 atom stereocenters. The molecule has 0 radical (unpaired) electrons. The molecule has 23 heavy (non-hydrogen) atoms. The first-order chi connectivity index (χ1) is 10.8. The van der Waals surface area contributed by atoms with Crippen molar-refractivity contribution in [3.8, 4) is 0 Å². The zero-order valence-electron chi connectivity index (χ0n) is 14.8. The molecule has 1 aromatic rings. The van der Waals surface area contributed by atoms with E-state index in [9.17, 15) is 4.79 Å². The quantitative estimate of drug-likeness (QED) is 0.816. The second-order valence-corrected chi connectivity index (χ2v) is 8.44. The van der Waals surface area contributed by atoms with Crippen molar-refractivity contribution >= 4 is 17.4 Å². The van der Waals surface area contributed by atoms with E-state index in [1.807, 2.05) is 20.8 Å². The van der Waals surface area contributed by atoms with Crippen molar-refractivity contribution in [2.24, 2.45) is 5.92 Å². The van der Waals surface area contributed by atoms with Crippen LogP contribution in [-0.4, -0.2) is 24.3 Å². The zero-order valence-corrected chi connectivity index (χ0v) is 15.6. The van der Waals surface area contributed by atoms with Crippen LogP contribution in [0.15, 0.2) is 11.4 Å². The summed E-state index contributed by atoms with van der Waals surface area (Å²) in [4.78, 5) is 13.3. The molecule has 1 unspecified atom stereocenters. The van der Waals surface area contributed by atoms with Gasteiger partial charge in [-0.25, -0.2) is 4.79 Å². The topological polar surface area (TPSA) is 50.4 Å².